The number of nitrogens with zero attached hydrogens (tertiary/aromatic N) is 1. The molecule has 9 heteroatoms. The van der Waals surface area contributed by atoms with Gasteiger partial charge in [-0.05, 0) is 43.3 Å². The zero-order chi connectivity index (χ0) is 20.4. The Morgan fingerprint density at radius 2 is 1.86 bits per heavy atom. The van der Waals surface area contributed by atoms with Gasteiger partial charge < -0.3 is 15.6 Å². The fourth-order valence-electron chi connectivity index (χ4n) is 2.78. The highest BCUT2D eigenvalue weighted by Crippen LogP contribution is 2.26. The Bertz CT molecular complexity index is 1210. The molecular formula is C19H17ClN4O4. The second-order valence-corrected chi connectivity index (χ2v) is 6.48. The van der Waals surface area contributed by atoms with Crippen LogP contribution < -0.4 is 21.9 Å². The Labute approximate surface area is 164 Å². The number of hydrogen-bond donors (Lipinski definition) is 3. The fourth-order valence-corrected chi connectivity index (χ4v) is 2.94. The van der Waals surface area contributed by atoms with Crippen LogP contribution in [-0.4, -0.2) is 21.4 Å². The molecule has 1 aromatic heterocycles. The second-order valence-electron chi connectivity index (χ2n) is 6.07. The zero-order valence-corrected chi connectivity index (χ0v) is 15.9. The normalized spacial score (nSPS) is 10.7. The molecule has 3 N–H and O–H groups in total. The van der Waals surface area contributed by atoms with E-state index in [1.54, 1.807) is 19.1 Å². The summed E-state index contributed by atoms with van der Waals surface area (Å²) in [5, 5.41) is 5.87. The van der Waals surface area contributed by atoms with Crippen LogP contribution in [0.1, 0.15) is 24.2 Å². The molecule has 0 aliphatic carbocycles. The van der Waals surface area contributed by atoms with Gasteiger partial charge in [0.05, 0.1) is 21.6 Å². The van der Waals surface area contributed by atoms with Gasteiger partial charge in [-0.1, -0.05) is 11.6 Å². The van der Waals surface area contributed by atoms with Crippen LogP contribution in [0, 0.1) is 0 Å². The summed E-state index contributed by atoms with van der Waals surface area (Å²) in [6.07, 6.45) is 0. The third kappa shape index (κ3) is 3.81. The van der Waals surface area contributed by atoms with Crippen LogP contribution >= 0.6 is 11.6 Å². The lowest BCUT2D eigenvalue weighted by Crippen LogP contribution is -2.34. The van der Waals surface area contributed by atoms with Crippen molar-refractivity contribution >= 4 is 45.7 Å². The smallest absolute Gasteiger partial charge is 0.326 e. The van der Waals surface area contributed by atoms with Crippen LogP contribution in [0.25, 0.3) is 10.9 Å². The molecule has 0 bridgehead atoms. The number of rotatable bonds is 4. The number of nitrogens with one attached hydrogen (secondary N) is 3. The number of aromatic amines is 1. The molecule has 0 unspecified atom stereocenters. The third-order valence-corrected chi connectivity index (χ3v) is 4.42. The molecule has 0 spiro atoms. The maximum absolute atomic E-state index is 12.6. The van der Waals surface area contributed by atoms with Crippen LogP contribution in [0.5, 0.6) is 0 Å². The number of aromatic nitrogens is 2. The molecule has 0 aliphatic rings. The highest BCUT2D eigenvalue weighted by atomic mass is 35.5. The van der Waals surface area contributed by atoms with Crippen LogP contribution in [0.15, 0.2) is 46.0 Å². The topological polar surface area (TPSA) is 113 Å². The van der Waals surface area contributed by atoms with Crippen molar-refractivity contribution in [2.75, 3.05) is 10.6 Å². The van der Waals surface area contributed by atoms with Crippen LogP contribution in [0.3, 0.4) is 0 Å². The van der Waals surface area contributed by atoms with Gasteiger partial charge in [0.1, 0.15) is 0 Å². The summed E-state index contributed by atoms with van der Waals surface area (Å²) in [6, 6.07) is 9.10. The lowest BCUT2D eigenvalue weighted by atomic mass is 10.1. The monoisotopic (exact) mass is 400 g/mol. The van der Waals surface area contributed by atoms with E-state index in [-0.39, 0.29) is 23.5 Å². The largest absolute Gasteiger partial charge is 0.328 e. The molecule has 0 atom stereocenters. The van der Waals surface area contributed by atoms with Crippen LogP contribution in [0.4, 0.5) is 11.4 Å². The highest BCUT2D eigenvalue weighted by Gasteiger charge is 2.13. The summed E-state index contributed by atoms with van der Waals surface area (Å²) in [5.74, 6) is -0.736. The van der Waals surface area contributed by atoms with Crippen molar-refractivity contribution in [3.63, 3.8) is 0 Å². The van der Waals surface area contributed by atoms with Gasteiger partial charge in [-0.3, -0.25) is 19.0 Å². The van der Waals surface area contributed by atoms with Gasteiger partial charge in [0.15, 0.2) is 0 Å². The minimum atomic E-state index is -0.538. The van der Waals surface area contributed by atoms with E-state index in [4.69, 9.17) is 11.6 Å². The first-order valence-corrected chi connectivity index (χ1v) is 8.83. The standard InChI is InChI=1S/C19H17ClN4O4/c1-3-24-18(27)13-6-4-11(8-15(13)23-19(24)28)17(26)22-16-9-12(21-10(2)25)5-7-14(16)20/h4-9H,3H2,1-2H3,(H,21,25)(H,22,26)(H,23,28). The maximum atomic E-state index is 12.6. The molecule has 144 valence electrons. The summed E-state index contributed by atoms with van der Waals surface area (Å²) in [6.45, 7) is 3.31. The number of benzene rings is 2. The number of hydrogen-bond acceptors (Lipinski definition) is 4. The first-order valence-electron chi connectivity index (χ1n) is 8.45. The molecular weight excluding hydrogens is 384 g/mol. The predicted octanol–water partition coefficient (Wildman–Crippen LogP) is 2.57. The minimum Gasteiger partial charge on any atom is -0.326 e. The quantitative estimate of drug-likeness (QED) is 0.624. The van der Waals surface area contributed by atoms with E-state index in [0.29, 0.717) is 21.8 Å². The van der Waals surface area contributed by atoms with Crippen molar-refractivity contribution in [1.82, 2.24) is 9.55 Å². The molecule has 0 radical (unpaired) electrons. The molecule has 2 aromatic carbocycles. The van der Waals surface area contributed by atoms with Gasteiger partial charge in [0.25, 0.3) is 11.5 Å². The van der Waals surface area contributed by atoms with Crippen LogP contribution in [0.2, 0.25) is 5.02 Å². The highest BCUT2D eigenvalue weighted by molar-refractivity contribution is 6.34. The van der Waals surface area contributed by atoms with Gasteiger partial charge in [0, 0.05) is 24.7 Å². The van der Waals surface area contributed by atoms with E-state index in [9.17, 15) is 19.2 Å². The average molecular weight is 401 g/mol. The van der Waals surface area contributed by atoms with Gasteiger partial charge >= 0.3 is 5.69 Å². The molecule has 3 aromatic rings. The summed E-state index contributed by atoms with van der Waals surface area (Å²) in [4.78, 5) is 50.7. The van der Waals surface area contributed by atoms with E-state index in [0.717, 1.165) is 4.57 Å². The first kappa shape index (κ1) is 19.4. The Kier molecular flexibility index (Phi) is 5.32. The van der Waals surface area contributed by atoms with E-state index >= 15 is 0 Å². The zero-order valence-electron chi connectivity index (χ0n) is 15.1. The Morgan fingerprint density at radius 1 is 1.11 bits per heavy atom. The minimum absolute atomic E-state index is 0.234. The Hall–Kier alpha value is -3.39. The van der Waals surface area contributed by atoms with Crippen molar-refractivity contribution in [3.8, 4) is 0 Å². The number of fused-ring (bicyclic) bond motifs is 1. The molecule has 8 nitrogen and oxygen atoms in total. The average Bonchev–Trinajstić information content (AvgIpc) is 2.64. The molecule has 28 heavy (non-hydrogen) atoms. The number of amides is 2. The SMILES string of the molecule is CCn1c(=O)[nH]c2cc(C(=O)Nc3cc(NC(C)=O)ccc3Cl)ccc2c1=O. The second kappa shape index (κ2) is 7.69. The Morgan fingerprint density at radius 3 is 2.54 bits per heavy atom. The lowest BCUT2D eigenvalue weighted by Gasteiger charge is -2.10. The molecule has 0 saturated carbocycles. The van der Waals surface area contributed by atoms with Gasteiger partial charge in [0.2, 0.25) is 5.91 Å². The van der Waals surface area contributed by atoms with Gasteiger partial charge in [-0.2, -0.15) is 0 Å². The summed E-state index contributed by atoms with van der Waals surface area (Å²) >= 11 is 6.12. The van der Waals surface area contributed by atoms with Crippen molar-refractivity contribution < 1.29 is 9.59 Å². The number of halogens is 1. The van der Waals surface area contributed by atoms with E-state index in [1.165, 1.54) is 31.2 Å². The molecule has 0 fully saturated rings. The van der Waals surface area contributed by atoms with Crippen LogP contribution in [-0.2, 0) is 11.3 Å². The van der Waals surface area contributed by atoms with E-state index < -0.39 is 17.2 Å². The molecule has 3 rings (SSSR count). The maximum Gasteiger partial charge on any atom is 0.328 e. The summed E-state index contributed by atoms with van der Waals surface area (Å²) < 4.78 is 1.08. The lowest BCUT2D eigenvalue weighted by molar-refractivity contribution is -0.114. The van der Waals surface area contributed by atoms with Gasteiger partial charge in [-0.25, -0.2) is 4.79 Å². The summed E-state index contributed by atoms with van der Waals surface area (Å²) in [5.41, 5.74) is 0.342. The molecule has 0 aliphatic heterocycles. The first-order chi connectivity index (χ1) is 13.3. The molecule has 2 amide bonds. The number of carbonyl (C=O) groups excluding carboxylic acids is 2. The molecule has 1 heterocycles. The third-order valence-electron chi connectivity index (χ3n) is 4.10. The fraction of sp³-hybridized carbons (Fsp3) is 0.158. The van der Waals surface area contributed by atoms with E-state index in [2.05, 4.69) is 15.6 Å². The molecule has 0 saturated heterocycles. The Balaban J connectivity index is 1.95. The summed E-state index contributed by atoms with van der Waals surface area (Å²) in [7, 11) is 0. The van der Waals surface area contributed by atoms with Crippen molar-refractivity contribution in [2.24, 2.45) is 0 Å². The number of anilines is 2. The van der Waals surface area contributed by atoms with E-state index in [1.807, 2.05) is 0 Å². The van der Waals surface area contributed by atoms with Gasteiger partial charge in [-0.15, -0.1) is 0 Å². The number of H-pyrrole nitrogens is 1. The van der Waals surface area contributed by atoms with Crippen molar-refractivity contribution in [3.05, 3.63) is 67.8 Å². The predicted molar refractivity (Wildman–Crippen MR) is 108 cm³/mol. The van der Waals surface area contributed by atoms with Crippen molar-refractivity contribution in [1.29, 1.82) is 0 Å². The van der Waals surface area contributed by atoms with Crippen molar-refractivity contribution in [2.45, 2.75) is 20.4 Å². The number of carbonyl (C=O) groups is 2.